The summed E-state index contributed by atoms with van der Waals surface area (Å²) in [7, 11) is 0. The highest BCUT2D eigenvalue weighted by atomic mass is 35.5. The number of hydrogen-bond donors (Lipinski definition) is 2. The number of aryl methyl sites for hydroxylation is 1. The van der Waals surface area contributed by atoms with E-state index in [1.807, 2.05) is 24.4 Å². The van der Waals surface area contributed by atoms with Crippen molar-refractivity contribution in [2.75, 3.05) is 5.32 Å². The normalized spacial score (nSPS) is 10.7. The summed E-state index contributed by atoms with van der Waals surface area (Å²) >= 11 is 12.2. The van der Waals surface area contributed by atoms with E-state index in [0.29, 0.717) is 15.9 Å². The maximum absolute atomic E-state index is 6.31. The fourth-order valence-corrected chi connectivity index (χ4v) is 2.36. The first-order valence-electron chi connectivity index (χ1n) is 6.88. The highest BCUT2D eigenvalue weighted by Gasteiger charge is 2.08. The lowest BCUT2D eigenvalue weighted by Crippen LogP contribution is -1.95. The van der Waals surface area contributed by atoms with Gasteiger partial charge in [-0.25, -0.2) is 9.97 Å². The first-order chi connectivity index (χ1) is 10.7. The van der Waals surface area contributed by atoms with Gasteiger partial charge >= 0.3 is 0 Å². The van der Waals surface area contributed by atoms with E-state index in [9.17, 15) is 0 Å². The molecule has 0 saturated carbocycles. The Morgan fingerprint density at radius 3 is 2.59 bits per heavy atom. The maximum Gasteiger partial charge on any atom is 0.149 e. The lowest BCUT2D eigenvalue weighted by atomic mass is 10.2. The number of anilines is 2. The van der Waals surface area contributed by atoms with Gasteiger partial charge in [0.1, 0.15) is 11.6 Å². The fourth-order valence-electron chi connectivity index (χ4n) is 2.02. The van der Waals surface area contributed by atoms with Crippen molar-refractivity contribution in [2.24, 2.45) is 0 Å². The zero-order chi connectivity index (χ0) is 15.5. The summed E-state index contributed by atoms with van der Waals surface area (Å²) < 4.78 is 0. The highest BCUT2D eigenvalue weighted by molar-refractivity contribution is 6.33. The molecule has 4 nitrogen and oxygen atoms in total. The summed E-state index contributed by atoms with van der Waals surface area (Å²) in [5.74, 6) is 1.36. The molecule has 3 rings (SSSR count). The molecule has 2 aromatic heterocycles. The third-order valence-electron chi connectivity index (χ3n) is 3.21. The fraction of sp³-hybridized carbons (Fsp3) is 0.125. The monoisotopic (exact) mass is 332 g/mol. The third-order valence-corrected chi connectivity index (χ3v) is 3.75. The number of aromatic nitrogens is 3. The van der Waals surface area contributed by atoms with Crippen LogP contribution in [0.4, 0.5) is 11.5 Å². The molecule has 0 atom stereocenters. The predicted molar refractivity (Wildman–Crippen MR) is 90.9 cm³/mol. The summed E-state index contributed by atoms with van der Waals surface area (Å²) in [5.41, 5.74) is 2.73. The van der Waals surface area contributed by atoms with Gasteiger partial charge in [-0.05, 0) is 36.8 Å². The zero-order valence-corrected chi connectivity index (χ0v) is 13.4. The van der Waals surface area contributed by atoms with Gasteiger partial charge in [-0.1, -0.05) is 30.1 Å². The standard InChI is InChI=1S/C16H14Cl2N4/c1-2-12-9-20-15(21-12)10-7-14(18)16(19-8-10)22-13-5-3-11(17)4-6-13/h3-9H,2H2,1H3,(H,19,22)(H,20,21). The van der Waals surface area contributed by atoms with E-state index in [0.717, 1.165) is 29.2 Å². The Morgan fingerprint density at radius 1 is 1.18 bits per heavy atom. The Labute approximate surface area is 138 Å². The number of aromatic amines is 1. The number of pyridine rings is 1. The molecule has 0 saturated heterocycles. The van der Waals surface area contributed by atoms with Crippen molar-refractivity contribution in [2.45, 2.75) is 13.3 Å². The predicted octanol–water partition coefficient (Wildman–Crippen LogP) is 5.08. The van der Waals surface area contributed by atoms with Gasteiger partial charge in [-0.2, -0.15) is 0 Å². The van der Waals surface area contributed by atoms with E-state index in [1.165, 1.54) is 0 Å². The molecule has 2 N–H and O–H groups in total. The van der Waals surface area contributed by atoms with Crippen molar-refractivity contribution < 1.29 is 0 Å². The van der Waals surface area contributed by atoms with Crippen LogP contribution in [0.2, 0.25) is 10.0 Å². The Kier molecular flexibility index (Phi) is 4.32. The molecule has 112 valence electrons. The molecule has 0 bridgehead atoms. The van der Waals surface area contributed by atoms with Gasteiger partial charge in [-0.15, -0.1) is 0 Å². The summed E-state index contributed by atoms with van der Waals surface area (Å²) in [6.07, 6.45) is 4.51. The van der Waals surface area contributed by atoms with Crippen LogP contribution in [0.3, 0.4) is 0 Å². The second-order valence-corrected chi connectivity index (χ2v) is 5.62. The number of nitrogens with one attached hydrogen (secondary N) is 2. The topological polar surface area (TPSA) is 53.6 Å². The van der Waals surface area contributed by atoms with Crippen LogP contribution in [-0.4, -0.2) is 15.0 Å². The summed E-state index contributed by atoms with van der Waals surface area (Å²) in [5, 5.41) is 4.38. The average Bonchev–Trinajstić information content (AvgIpc) is 3.00. The first kappa shape index (κ1) is 14.9. The van der Waals surface area contributed by atoms with Crippen molar-refractivity contribution in [1.82, 2.24) is 15.0 Å². The second-order valence-electron chi connectivity index (χ2n) is 4.78. The third kappa shape index (κ3) is 3.24. The van der Waals surface area contributed by atoms with Crippen molar-refractivity contribution in [1.29, 1.82) is 0 Å². The van der Waals surface area contributed by atoms with Gasteiger partial charge in [-0.3, -0.25) is 0 Å². The van der Waals surface area contributed by atoms with E-state index in [-0.39, 0.29) is 0 Å². The van der Waals surface area contributed by atoms with E-state index < -0.39 is 0 Å². The van der Waals surface area contributed by atoms with Crippen LogP contribution in [-0.2, 0) is 6.42 Å². The molecule has 22 heavy (non-hydrogen) atoms. The lowest BCUT2D eigenvalue weighted by molar-refractivity contribution is 1.06. The molecule has 0 aliphatic carbocycles. The lowest BCUT2D eigenvalue weighted by Gasteiger charge is -2.08. The van der Waals surface area contributed by atoms with Crippen molar-refractivity contribution in [3.05, 3.63) is 58.5 Å². The van der Waals surface area contributed by atoms with Gasteiger partial charge in [0.15, 0.2) is 0 Å². The average molecular weight is 333 g/mol. The highest BCUT2D eigenvalue weighted by Crippen LogP contribution is 2.27. The van der Waals surface area contributed by atoms with Crippen LogP contribution in [0, 0.1) is 0 Å². The van der Waals surface area contributed by atoms with Crippen LogP contribution in [0.1, 0.15) is 12.6 Å². The van der Waals surface area contributed by atoms with Crippen LogP contribution in [0.15, 0.2) is 42.7 Å². The van der Waals surface area contributed by atoms with Crippen LogP contribution in [0.5, 0.6) is 0 Å². The number of rotatable bonds is 4. The summed E-state index contributed by atoms with van der Waals surface area (Å²) in [4.78, 5) is 12.0. The number of hydrogen-bond acceptors (Lipinski definition) is 3. The van der Waals surface area contributed by atoms with Gasteiger partial charge in [0.2, 0.25) is 0 Å². The molecular formula is C16H14Cl2N4. The number of imidazole rings is 1. The van der Waals surface area contributed by atoms with Gasteiger partial charge in [0, 0.05) is 28.7 Å². The minimum Gasteiger partial charge on any atom is -0.344 e. The van der Waals surface area contributed by atoms with Crippen LogP contribution >= 0.6 is 23.2 Å². The molecule has 0 unspecified atom stereocenters. The SMILES string of the molecule is CCc1c[nH]c(-c2cnc(Nc3ccc(Cl)cc3)c(Cl)c2)n1. The van der Waals surface area contributed by atoms with Crippen LogP contribution < -0.4 is 5.32 Å². The first-order valence-corrected chi connectivity index (χ1v) is 7.64. The Bertz CT molecular complexity index is 781. The molecule has 0 fully saturated rings. The molecule has 0 spiro atoms. The molecular weight excluding hydrogens is 319 g/mol. The Hall–Kier alpha value is -2.04. The Balaban J connectivity index is 1.84. The molecule has 3 aromatic rings. The molecule has 1 aromatic carbocycles. The smallest absolute Gasteiger partial charge is 0.149 e. The number of benzene rings is 1. The largest absolute Gasteiger partial charge is 0.344 e. The summed E-state index contributed by atoms with van der Waals surface area (Å²) in [6.45, 7) is 2.06. The minimum atomic E-state index is 0.530. The van der Waals surface area contributed by atoms with E-state index in [2.05, 4.69) is 27.2 Å². The summed E-state index contributed by atoms with van der Waals surface area (Å²) in [6, 6.07) is 9.19. The second kappa shape index (κ2) is 6.38. The zero-order valence-electron chi connectivity index (χ0n) is 11.9. The molecule has 6 heteroatoms. The minimum absolute atomic E-state index is 0.530. The van der Waals surface area contributed by atoms with Gasteiger partial charge < -0.3 is 10.3 Å². The number of halogens is 2. The number of nitrogens with zero attached hydrogens (tertiary/aromatic N) is 2. The molecule has 2 heterocycles. The van der Waals surface area contributed by atoms with Crippen LogP contribution in [0.25, 0.3) is 11.4 Å². The molecule has 0 amide bonds. The van der Waals surface area contributed by atoms with Crippen molar-refractivity contribution in [3.63, 3.8) is 0 Å². The van der Waals surface area contributed by atoms with E-state index >= 15 is 0 Å². The van der Waals surface area contributed by atoms with Gasteiger partial charge in [0.05, 0.1) is 10.7 Å². The molecule has 0 aliphatic rings. The van der Waals surface area contributed by atoms with Gasteiger partial charge in [0.25, 0.3) is 0 Å². The van der Waals surface area contributed by atoms with E-state index in [4.69, 9.17) is 23.2 Å². The quantitative estimate of drug-likeness (QED) is 0.700. The van der Waals surface area contributed by atoms with Crippen molar-refractivity contribution in [3.8, 4) is 11.4 Å². The Morgan fingerprint density at radius 2 is 1.95 bits per heavy atom. The maximum atomic E-state index is 6.31. The molecule has 0 radical (unpaired) electrons. The van der Waals surface area contributed by atoms with E-state index in [1.54, 1.807) is 18.3 Å². The molecule has 0 aliphatic heterocycles. The van der Waals surface area contributed by atoms with Crippen molar-refractivity contribution >= 4 is 34.7 Å². The number of H-pyrrole nitrogens is 1.